The summed E-state index contributed by atoms with van der Waals surface area (Å²) >= 11 is 0. The molecule has 1 N–H and O–H groups in total. The first-order chi connectivity index (χ1) is 14.3. The van der Waals surface area contributed by atoms with Crippen LogP contribution in [-0.2, 0) is 12.8 Å². The van der Waals surface area contributed by atoms with E-state index in [0.717, 1.165) is 43.3 Å². The van der Waals surface area contributed by atoms with Gasteiger partial charge in [0, 0.05) is 37.2 Å². The molecule has 6 nitrogen and oxygen atoms in total. The zero-order valence-electron chi connectivity index (χ0n) is 16.8. The number of halogens is 1. The fraction of sp³-hybridized carbons (Fsp3) is 0.348. The van der Waals surface area contributed by atoms with E-state index in [1.165, 1.54) is 30.4 Å². The number of rotatable bonds is 4. The Morgan fingerprint density at radius 1 is 1.07 bits per heavy atom. The van der Waals surface area contributed by atoms with E-state index in [0.29, 0.717) is 5.69 Å². The highest BCUT2D eigenvalue weighted by atomic mass is 35.5. The van der Waals surface area contributed by atoms with Crippen molar-refractivity contribution in [1.29, 1.82) is 0 Å². The lowest BCUT2D eigenvalue weighted by Gasteiger charge is -2.36. The molecule has 1 aliphatic heterocycles. The number of imidazole rings is 1. The number of pyridine rings is 1. The van der Waals surface area contributed by atoms with Crippen molar-refractivity contribution in [3.05, 3.63) is 72.1 Å². The van der Waals surface area contributed by atoms with Crippen molar-refractivity contribution in [2.45, 2.75) is 38.1 Å². The van der Waals surface area contributed by atoms with Crippen LogP contribution in [0.2, 0.25) is 0 Å². The molecule has 1 saturated carbocycles. The van der Waals surface area contributed by atoms with E-state index in [1.54, 1.807) is 24.8 Å². The molecule has 1 aromatic carbocycles. The van der Waals surface area contributed by atoms with Gasteiger partial charge in [-0.05, 0) is 61.1 Å². The third kappa shape index (κ3) is 4.25. The minimum atomic E-state index is -0.188. The van der Waals surface area contributed by atoms with Crippen molar-refractivity contribution in [2.75, 3.05) is 18.4 Å². The molecule has 0 spiro atoms. The molecule has 0 unspecified atom stereocenters. The van der Waals surface area contributed by atoms with Crippen molar-refractivity contribution in [3.8, 4) is 5.69 Å². The smallest absolute Gasteiger partial charge is 0.274 e. The average molecular weight is 424 g/mol. The molecule has 1 amide bonds. The molecule has 1 fully saturated rings. The van der Waals surface area contributed by atoms with E-state index in [4.69, 9.17) is 0 Å². The van der Waals surface area contributed by atoms with E-state index < -0.39 is 0 Å². The third-order valence-corrected chi connectivity index (χ3v) is 6.17. The van der Waals surface area contributed by atoms with Crippen LogP contribution in [-0.4, -0.2) is 44.5 Å². The second-order valence-electron chi connectivity index (χ2n) is 7.93. The molecule has 2 aliphatic rings. The maximum Gasteiger partial charge on any atom is 0.274 e. The summed E-state index contributed by atoms with van der Waals surface area (Å²) in [5.41, 5.74) is 4.88. The molecule has 156 valence electrons. The monoisotopic (exact) mass is 423 g/mol. The SMILES string of the molecule is Cl.O=C(Nc1ccc2c(c1)CCN(C1CCC1)CC2)c1ccc(-n2ccnc2)cn1. The van der Waals surface area contributed by atoms with Crippen molar-refractivity contribution in [2.24, 2.45) is 0 Å². The number of aromatic nitrogens is 3. The first-order valence-electron chi connectivity index (χ1n) is 10.4. The minimum absolute atomic E-state index is 0. The molecule has 3 aromatic rings. The molecule has 0 radical (unpaired) electrons. The van der Waals surface area contributed by atoms with E-state index >= 15 is 0 Å². The summed E-state index contributed by atoms with van der Waals surface area (Å²) in [6, 6.07) is 10.7. The van der Waals surface area contributed by atoms with Gasteiger partial charge in [-0.3, -0.25) is 9.69 Å². The highest BCUT2D eigenvalue weighted by molar-refractivity contribution is 6.02. The number of nitrogens with one attached hydrogen (secondary N) is 1. The fourth-order valence-corrected chi connectivity index (χ4v) is 4.22. The van der Waals surface area contributed by atoms with Gasteiger partial charge in [-0.2, -0.15) is 0 Å². The largest absolute Gasteiger partial charge is 0.321 e. The van der Waals surface area contributed by atoms with Gasteiger partial charge in [0.2, 0.25) is 0 Å². The summed E-state index contributed by atoms with van der Waals surface area (Å²) in [6.45, 7) is 2.27. The van der Waals surface area contributed by atoms with Gasteiger partial charge < -0.3 is 9.88 Å². The number of amides is 1. The van der Waals surface area contributed by atoms with Crippen LogP contribution in [0, 0.1) is 0 Å². The van der Waals surface area contributed by atoms with Gasteiger partial charge in [-0.25, -0.2) is 9.97 Å². The highest BCUT2D eigenvalue weighted by Gasteiger charge is 2.26. The Morgan fingerprint density at radius 3 is 2.57 bits per heavy atom. The molecule has 7 heteroatoms. The Labute approximate surface area is 182 Å². The summed E-state index contributed by atoms with van der Waals surface area (Å²) in [4.78, 5) is 23.6. The molecular formula is C23H26ClN5O. The molecule has 0 saturated heterocycles. The summed E-state index contributed by atoms with van der Waals surface area (Å²) in [7, 11) is 0. The summed E-state index contributed by atoms with van der Waals surface area (Å²) < 4.78 is 1.86. The maximum atomic E-state index is 12.6. The van der Waals surface area contributed by atoms with Crippen LogP contribution in [0.5, 0.6) is 0 Å². The maximum absolute atomic E-state index is 12.6. The first kappa shape index (κ1) is 20.6. The van der Waals surface area contributed by atoms with Crippen LogP contribution in [0.1, 0.15) is 40.9 Å². The average Bonchev–Trinajstić information content (AvgIpc) is 3.17. The van der Waals surface area contributed by atoms with Gasteiger partial charge in [-0.1, -0.05) is 12.5 Å². The van der Waals surface area contributed by atoms with Crippen molar-refractivity contribution in [1.82, 2.24) is 19.4 Å². The topological polar surface area (TPSA) is 63.1 Å². The fourth-order valence-electron chi connectivity index (χ4n) is 4.22. The Kier molecular flexibility index (Phi) is 6.16. The molecule has 1 aliphatic carbocycles. The lowest BCUT2D eigenvalue weighted by molar-refractivity contribution is 0.102. The van der Waals surface area contributed by atoms with E-state index in [-0.39, 0.29) is 18.3 Å². The first-order valence-corrected chi connectivity index (χ1v) is 10.4. The predicted molar refractivity (Wildman–Crippen MR) is 120 cm³/mol. The van der Waals surface area contributed by atoms with Crippen molar-refractivity contribution in [3.63, 3.8) is 0 Å². The van der Waals surface area contributed by atoms with Crippen molar-refractivity contribution >= 4 is 24.0 Å². The van der Waals surface area contributed by atoms with Crippen LogP contribution in [0.15, 0.2) is 55.2 Å². The Bertz CT molecular complexity index is 999. The molecule has 2 aromatic heterocycles. The Hall–Kier alpha value is -2.70. The number of nitrogens with zero attached hydrogens (tertiary/aromatic N) is 4. The quantitative estimate of drug-likeness (QED) is 0.691. The van der Waals surface area contributed by atoms with E-state index in [2.05, 4.69) is 32.3 Å². The van der Waals surface area contributed by atoms with E-state index in [1.807, 2.05) is 22.9 Å². The molecular weight excluding hydrogens is 398 g/mol. The number of fused-ring (bicyclic) bond motifs is 1. The van der Waals surface area contributed by atoms with Crippen LogP contribution in [0.4, 0.5) is 5.69 Å². The molecule has 3 heterocycles. The molecule has 5 rings (SSSR count). The van der Waals surface area contributed by atoms with Gasteiger partial charge in [-0.15, -0.1) is 12.4 Å². The standard InChI is InChI=1S/C23H25N5O.ClH/c29-23(22-7-6-21(15-25-22)28-13-10-24-16-28)26-19-5-4-17-8-11-27(20-2-1-3-20)12-9-18(17)14-19;/h4-7,10,13-16,20H,1-3,8-9,11-12H2,(H,26,29);1H. The third-order valence-electron chi connectivity index (χ3n) is 6.17. The van der Waals surface area contributed by atoms with Gasteiger partial charge in [0.05, 0.1) is 18.2 Å². The van der Waals surface area contributed by atoms with E-state index in [9.17, 15) is 4.79 Å². The van der Waals surface area contributed by atoms with Gasteiger partial charge in [0.15, 0.2) is 0 Å². The predicted octanol–water partition coefficient (Wildman–Crippen LogP) is 3.89. The number of benzene rings is 1. The lowest BCUT2D eigenvalue weighted by Crippen LogP contribution is -2.41. The second-order valence-corrected chi connectivity index (χ2v) is 7.93. The molecule has 30 heavy (non-hydrogen) atoms. The van der Waals surface area contributed by atoms with Crippen molar-refractivity contribution < 1.29 is 4.79 Å². The van der Waals surface area contributed by atoms with Crippen LogP contribution >= 0.6 is 12.4 Å². The normalized spacial score (nSPS) is 16.7. The van der Waals surface area contributed by atoms with Crippen LogP contribution in [0.25, 0.3) is 5.69 Å². The number of carbonyl (C=O) groups excluding carboxylic acids is 1. The highest BCUT2D eigenvalue weighted by Crippen LogP contribution is 2.28. The lowest BCUT2D eigenvalue weighted by atomic mass is 9.91. The zero-order chi connectivity index (χ0) is 19.6. The molecule has 0 bridgehead atoms. The Morgan fingerprint density at radius 2 is 1.90 bits per heavy atom. The number of anilines is 1. The summed E-state index contributed by atoms with van der Waals surface area (Å²) in [6.07, 6.45) is 13.2. The van der Waals surface area contributed by atoms with Crippen LogP contribution in [0.3, 0.4) is 0 Å². The van der Waals surface area contributed by atoms with Gasteiger partial charge >= 0.3 is 0 Å². The number of hydrogen-bond acceptors (Lipinski definition) is 4. The number of carbonyl (C=O) groups is 1. The Balaban J connectivity index is 0.00000218. The van der Waals surface area contributed by atoms with Gasteiger partial charge in [0.1, 0.15) is 5.69 Å². The summed E-state index contributed by atoms with van der Waals surface area (Å²) in [5.74, 6) is -0.188. The summed E-state index contributed by atoms with van der Waals surface area (Å²) in [5, 5.41) is 3.01. The minimum Gasteiger partial charge on any atom is -0.321 e. The second kappa shape index (κ2) is 8.98. The number of hydrogen-bond donors (Lipinski definition) is 1. The van der Waals surface area contributed by atoms with Crippen LogP contribution < -0.4 is 5.32 Å². The van der Waals surface area contributed by atoms with Gasteiger partial charge in [0.25, 0.3) is 5.91 Å². The zero-order valence-corrected chi connectivity index (χ0v) is 17.6. The molecule has 0 atom stereocenters.